The maximum atomic E-state index is 12.1. The summed E-state index contributed by atoms with van der Waals surface area (Å²) in [6.45, 7) is 6.11. The highest BCUT2D eigenvalue weighted by atomic mass is 16.5. The van der Waals surface area contributed by atoms with E-state index in [1.165, 1.54) is 20.2 Å². The van der Waals surface area contributed by atoms with E-state index >= 15 is 0 Å². The molecule has 0 saturated carbocycles. The third-order valence-electron chi connectivity index (χ3n) is 4.97. The van der Waals surface area contributed by atoms with E-state index in [0.29, 0.717) is 36.5 Å². The number of methoxy groups -OCH3 is 1. The maximum Gasteiger partial charge on any atom is 0.339 e. The molecule has 2 unspecified atom stereocenters. The number of nitrogens with one attached hydrogen (secondary N) is 2. The fraction of sp³-hybridized carbons (Fsp3) is 0.455. The Morgan fingerprint density at radius 3 is 2.26 bits per heavy atom. The number of Topliss-reactive ketones (excluding diaryl/α,β-unsaturated/α-hetero) is 1. The number of aliphatic carboxylic acids is 2. The SMILES string of the molecule is COC(=O)c1ccc(NC(NN2CCCC2(C#N)C(C)=O)C(C)C)nc1.O=C(O)C=CC(=O)O. The standard InChI is InChI=1S/C18H25N5O3.C4H4O4/c1-12(2)16(21-15-7-6-14(10-20-15)17(25)26-4)22-23-9-5-8-18(23,11-19)13(3)24;5-3(6)1-2-4(7)8/h6-7,10,12,16,22H,5,8-9H2,1-4H3,(H,20,21);1-2H,(H,5,6)(H,7,8). The summed E-state index contributed by atoms with van der Waals surface area (Å²) in [7, 11) is 1.32. The molecule has 2 rings (SSSR count). The molecule has 1 saturated heterocycles. The molecule has 1 aliphatic heterocycles. The molecule has 4 N–H and O–H groups in total. The summed E-state index contributed by atoms with van der Waals surface area (Å²) < 4.78 is 4.66. The zero-order valence-electron chi connectivity index (χ0n) is 19.4. The molecular weight excluding hydrogens is 446 g/mol. The van der Waals surface area contributed by atoms with Crippen LogP contribution in [0.2, 0.25) is 0 Å². The summed E-state index contributed by atoms with van der Waals surface area (Å²) in [6.07, 6.45) is 3.61. The highest BCUT2D eigenvalue weighted by molar-refractivity contribution is 5.90. The molecule has 12 heteroatoms. The maximum absolute atomic E-state index is 12.1. The van der Waals surface area contributed by atoms with Crippen LogP contribution in [0.3, 0.4) is 0 Å². The van der Waals surface area contributed by atoms with Crippen molar-refractivity contribution < 1.29 is 34.1 Å². The second-order valence-corrected chi connectivity index (χ2v) is 7.71. The summed E-state index contributed by atoms with van der Waals surface area (Å²) in [5.41, 5.74) is 2.52. The number of anilines is 1. The van der Waals surface area contributed by atoms with Crippen molar-refractivity contribution in [1.82, 2.24) is 15.4 Å². The highest BCUT2D eigenvalue weighted by Crippen LogP contribution is 2.28. The highest BCUT2D eigenvalue weighted by Gasteiger charge is 2.46. The first-order valence-corrected chi connectivity index (χ1v) is 10.4. The van der Waals surface area contributed by atoms with Crippen LogP contribution in [0.1, 0.15) is 44.0 Å². The summed E-state index contributed by atoms with van der Waals surface area (Å²) in [4.78, 5) is 46.9. The van der Waals surface area contributed by atoms with Gasteiger partial charge in [-0.25, -0.2) is 29.8 Å². The van der Waals surface area contributed by atoms with Gasteiger partial charge in [0.1, 0.15) is 5.82 Å². The molecule has 0 aromatic carbocycles. The number of hydrogen-bond donors (Lipinski definition) is 4. The van der Waals surface area contributed by atoms with Crippen molar-refractivity contribution in [3.63, 3.8) is 0 Å². The van der Waals surface area contributed by atoms with Gasteiger partial charge in [-0.2, -0.15) is 5.26 Å². The van der Waals surface area contributed by atoms with E-state index in [0.717, 1.165) is 6.42 Å². The number of nitriles is 1. The minimum atomic E-state index is -1.26. The van der Waals surface area contributed by atoms with Crippen LogP contribution in [0.25, 0.3) is 0 Å². The van der Waals surface area contributed by atoms with Gasteiger partial charge in [-0.3, -0.25) is 4.79 Å². The number of rotatable bonds is 9. The molecule has 0 spiro atoms. The van der Waals surface area contributed by atoms with Gasteiger partial charge in [0.15, 0.2) is 11.3 Å². The van der Waals surface area contributed by atoms with Crippen molar-refractivity contribution in [2.45, 2.75) is 45.3 Å². The van der Waals surface area contributed by atoms with Crippen LogP contribution in [0, 0.1) is 17.2 Å². The Labute approximate surface area is 197 Å². The summed E-state index contributed by atoms with van der Waals surface area (Å²) >= 11 is 0. The Hall–Kier alpha value is -3.82. The van der Waals surface area contributed by atoms with Crippen molar-refractivity contribution in [2.75, 3.05) is 19.0 Å². The molecule has 1 aromatic heterocycles. The minimum Gasteiger partial charge on any atom is -0.478 e. The smallest absolute Gasteiger partial charge is 0.339 e. The summed E-state index contributed by atoms with van der Waals surface area (Å²) in [5, 5.41) is 30.2. The Morgan fingerprint density at radius 2 is 1.85 bits per heavy atom. The predicted molar refractivity (Wildman–Crippen MR) is 120 cm³/mol. The largest absolute Gasteiger partial charge is 0.478 e. The third kappa shape index (κ3) is 7.95. The number of carboxylic acid groups (broad SMARTS) is 2. The summed E-state index contributed by atoms with van der Waals surface area (Å²) in [5.74, 6) is -2.39. The molecule has 0 aliphatic carbocycles. The molecule has 0 amide bonds. The zero-order chi connectivity index (χ0) is 25.9. The van der Waals surface area contributed by atoms with Crippen LogP contribution >= 0.6 is 0 Å². The quantitative estimate of drug-likeness (QED) is 0.229. The minimum absolute atomic E-state index is 0.154. The van der Waals surface area contributed by atoms with Gasteiger partial charge in [0.25, 0.3) is 0 Å². The number of pyridine rings is 1. The van der Waals surface area contributed by atoms with E-state index in [2.05, 4.69) is 26.5 Å². The second-order valence-electron chi connectivity index (χ2n) is 7.71. The normalized spacial score (nSPS) is 18.5. The number of carboxylic acids is 2. The lowest BCUT2D eigenvalue weighted by atomic mass is 9.94. The number of carbonyl (C=O) groups is 4. The lowest BCUT2D eigenvalue weighted by Crippen LogP contribution is -2.60. The van der Waals surface area contributed by atoms with Crippen molar-refractivity contribution in [3.8, 4) is 6.07 Å². The van der Waals surface area contributed by atoms with Crippen LogP contribution in [-0.4, -0.2) is 69.3 Å². The predicted octanol–water partition coefficient (Wildman–Crippen LogP) is 1.43. The number of hydrogen-bond acceptors (Lipinski definition) is 10. The molecule has 34 heavy (non-hydrogen) atoms. The van der Waals surface area contributed by atoms with Crippen molar-refractivity contribution in [3.05, 3.63) is 36.0 Å². The van der Waals surface area contributed by atoms with Crippen LogP contribution in [0.4, 0.5) is 5.82 Å². The number of esters is 1. The van der Waals surface area contributed by atoms with Crippen molar-refractivity contribution >= 4 is 29.5 Å². The van der Waals surface area contributed by atoms with Gasteiger partial charge in [0.2, 0.25) is 0 Å². The zero-order valence-corrected chi connectivity index (χ0v) is 19.4. The fourth-order valence-corrected chi connectivity index (χ4v) is 3.09. The molecule has 0 radical (unpaired) electrons. The lowest BCUT2D eigenvalue weighted by Gasteiger charge is -2.36. The first-order chi connectivity index (χ1) is 16.0. The van der Waals surface area contributed by atoms with E-state index < -0.39 is 23.4 Å². The average Bonchev–Trinajstić information content (AvgIpc) is 3.21. The van der Waals surface area contributed by atoms with E-state index in [1.807, 2.05) is 13.8 Å². The van der Waals surface area contributed by atoms with Crippen LogP contribution in [0.5, 0.6) is 0 Å². The number of aromatic nitrogens is 1. The Bertz CT molecular complexity index is 939. The Balaban J connectivity index is 0.000000620. The van der Waals surface area contributed by atoms with E-state index in [4.69, 9.17) is 10.2 Å². The van der Waals surface area contributed by atoms with Gasteiger partial charge in [-0.1, -0.05) is 13.8 Å². The van der Waals surface area contributed by atoms with Gasteiger partial charge < -0.3 is 20.3 Å². The van der Waals surface area contributed by atoms with Crippen LogP contribution in [-0.2, 0) is 19.1 Å². The first kappa shape index (κ1) is 28.2. The molecule has 0 bridgehead atoms. The molecule has 1 aromatic rings. The van der Waals surface area contributed by atoms with Crippen LogP contribution in [0.15, 0.2) is 30.5 Å². The molecule has 12 nitrogen and oxygen atoms in total. The number of carbonyl (C=O) groups excluding carboxylic acids is 2. The number of nitrogens with zero attached hydrogens (tertiary/aromatic N) is 3. The van der Waals surface area contributed by atoms with Gasteiger partial charge in [0, 0.05) is 24.9 Å². The number of hydrazine groups is 1. The third-order valence-corrected chi connectivity index (χ3v) is 4.97. The van der Waals surface area contributed by atoms with Crippen molar-refractivity contribution in [2.24, 2.45) is 5.92 Å². The molecule has 2 heterocycles. The van der Waals surface area contributed by atoms with Gasteiger partial charge >= 0.3 is 17.9 Å². The molecule has 1 aliphatic rings. The second kappa shape index (κ2) is 13.0. The van der Waals surface area contributed by atoms with Gasteiger partial charge in [-0.15, -0.1) is 0 Å². The average molecular weight is 476 g/mol. The van der Waals surface area contributed by atoms with Gasteiger partial charge in [-0.05, 0) is 37.8 Å². The van der Waals surface area contributed by atoms with E-state index in [9.17, 15) is 24.4 Å². The van der Waals surface area contributed by atoms with Crippen molar-refractivity contribution in [1.29, 1.82) is 5.26 Å². The van der Waals surface area contributed by atoms with E-state index in [1.54, 1.807) is 17.1 Å². The monoisotopic (exact) mass is 475 g/mol. The van der Waals surface area contributed by atoms with E-state index in [-0.39, 0.29) is 17.9 Å². The Morgan fingerprint density at radius 1 is 1.24 bits per heavy atom. The number of ketones is 1. The molecule has 184 valence electrons. The van der Waals surface area contributed by atoms with Gasteiger partial charge in [0.05, 0.1) is 24.9 Å². The van der Waals surface area contributed by atoms with Crippen LogP contribution < -0.4 is 10.7 Å². The molecule has 2 atom stereocenters. The Kier molecular flexibility index (Phi) is 10.8. The fourth-order valence-electron chi connectivity index (χ4n) is 3.09. The molecule has 1 fully saturated rings. The molecular formula is C22H29N5O7. The lowest BCUT2D eigenvalue weighted by molar-refractivity contribution is -0.134. The topological polar surface area (TPSA) is 182 Å². The summed E-state index contributed by atoms with van der Waals surface area (Å²) in [6, 6.07) is 5.50. The number of ether oxygens (including phenoxy) is 1. The first-order valence-electron chi connectivity index (χ1n) is 10.4.